The number of hydrogen-bond acceptors (Lipinski definition) is 6. The van der Waals surface area contributed by atoms with Crippen LogP contribution in [0.5, 0.6) is 11.5 Å². The number of nitrogens with zero attached hydrogens (tertiary/aromatic N) is 2. The molecule has 1 unspecified atom stereocenters. The summed E-state index contributed by atoms with van der Waals surface area (Å²) in [6.45, 7) is 0. The lowest BCUT2D eigenvalue weighted by Gasteiger charge is -2.26. The van der Waals surface area contributed by atoms with Gasteiger partial charge < -0.3 is 9.47 Å². The number of hydrogen-bond donors (Lipinski definition) is 1. The molecule has 0 fully saturated rings. The van der Waals surface area contributed by atoms with Crippen LogP contribution in [0.3, 0.4) is 0 Å². The van der Waals surface area contributed by atoms with Crippen LogP contribution in [0.1, 0.15) is 23.6 Å². The number of ether oxygens (including phenoxy) is 2. The van der Waals surface area contributed by atoms with Gasteiger partial charge in [0.2, 0.25) is 10.0 Å². The molecule has 0 radical (unpaired) electrons. The van der Waals surface area contributed by atoms with Crippen LogP contribution in [-0.2, 0) is 10.0 Å². The normalized spacial score (nSPS) is 16.0. The predicted molar refractivity (Wildman–Crippen MR) is 120 cm³/mol. The van der Waals surface area contributed by atoms with Crippen LogP contribution in [-0.4, -0.2) is 28.3 Å². The second-order valence-electron chi connectivity index (χ2n) is 7.42. The molecule has 10 heteroatoms. The maximum atomic E-state index is 13.9. The van der Waals surface area contributed by atoms with E-state index < -0.39 is 27.7 Å². The Labute approximate surface area is 190 Å². The third-order valence-corrected chi connectivity index (χ3v) is 6.26. The Bertz CT molecular complexity index is 1310. The van der Waals surface area contributed by atoms with E-state index in [0.717, 1.165) is 11.6 Å². The van der Waals surface area contributed by atoms with E-state index in [9.17, 15) is 17.2 Å². The molecule has 0 saturated carbocycles. The maximum Gasteiger partial charge on any atom is 0.238 e. The third-order valence-electron chi connectivity index (χ3n) is 5.33. The summed E-state index contributed by atoms with van der Waals surface area (Å²) in [5.74, 6) is -0.243. The number of halogens is 2. The largest absolute Gasteiger partial charge is 0.497 e. The fraction of sp³-hybridized carbons (Fsp3) is 0.174. The van der Waals surface area contributed by atoms with Crippen molar-refractivity contribution in [1.82, 2.24) is 0 Å². The summed E-state index contributed by atoms with van der Waals surface area (Å²) >= 11 is 0. The number of anilines is 1. The molecule has 1 atom stereocenters. The maximum absolute atomic E-state index is 13.9. The van der Waals surface area contributed by atoms with Crippen LogP contribution in [0.4, 0.5) is 14.5 Å². The summed E-state index contributed by atoms with van der Waals surface area (Å²) in [5, 5.41) is 11.5. The Morgan fingerprint density at radius 1 is 0.970 bits per heavy atom. The standard InChI is InChI=1S/C23H21F2N3O4S/c1-31-18-5-8-23(32-2)20(12-18)22-13-21(14-9-15(24)11-16(25)10-14)27-28(22)17-3-6-19(7-4-17)33(26,29)30/h3-12,22H,13H2,1-2H3,(H2,26,29,30). The summed E-state index contributed by atoms with van der Waals surface area (Å²) in [6, 6.07) is 14.0. The molecule has 3 aromatic carbocycles. The van der Waals surface area contributed by atoms with Crippen LogP contribution in [0.2, 0.25) is 0 Å². The summed E-state index contributed by atoms with van der Waals surface area (Å²) in [5.41, 5.74) is 2.06. The molecule has 0 amide bonds. The third kappa shape index (κ3) is 4.67. The van der Waals surface area contributed by atoms with E-state index in [4.69, 9.17) is 14.6 Å². The molecule has 0 spiro atoms. The van der Waals surface area contributed by atoms with Crippen molar-refractivity contribution in [2.45, 2.75) is 17.4 Å². The molecule has 0 aromatic heterocycles. The van der Waals surface area contributed by atoms with Crippen LogP contribution in [0, 0.1) is 11.6 Å². The van der Waals surface area contributed by atoms with E-state index in [0.29, 0.717) is 34.9 Å². The van der Waals surface area contributed by atoms with E-state index in [1.807, 2.05) is 0 Å². The lowest BCUT2D eigenvalue weighted by atomic mass is 9.97. The predicted octanol–water partition coefficient (Wildman–Crippen LogP) is 3.99. The Kier molecular flexibility index (Phi) is 6.05. The smallest absolute Gasteiger partial charge is 0.238 e. The molecule has 1 heterocycles. The fourth-order valence-corrected chi connectivity index (χ4v) is 4.29. The van der Waals surface area contributed by atoms with Gasteiger partial charge in [0, 0.05) is 23.6 Å². The minimum atomic E-state index is -3.87. The average Bonchev–Trinajstić information content (AvgIpc) is 3.23. The van der Waals surface area contributed by atoms with Gasteiger partial charge in [0.15, 0.2) is 0 Å². The molecule has 0 saturated heterocycles. The van der Waals surface area contributed by atoms with Gasteiger partial charge in [-0.25, -0.2) is 22.3 Å². The summed E-state index contributed by atoms with van der Waals surface area (Å²) in [6.07, 6.45) is 0.309. The number of nitrogens with two attached hydrogens (primary N) is 1. The molecule has 3 aromatic rings. The molecular formula is C23H21F2N3O4S. The van der Waals surface area contributed by atoms with Gasteiger partial charge in [-0.15, -0.1) is 0 Å². The number of benzene rings is 3. The quantitative estimate of drug-likeness (QED) is 0.584. The number of methoxy groups -OCH3 is 2. The Hall–Kier alpha value is -3.50. The molecule has 33 heavy (non-hydrogen) atoms. The first-order valence-electron chi connectivity index (χ1n) is 9.87. The monoisotopic (exact) mass is 473 g/mol. The molecule has 1 aliphatic heterocycles. The van der Waals surface area contributed by atoms with Gasteiger partial charge in [0.05, 0.1) is 36.6 Å². The van der Waals surface area contributed by atoms with E-state index in [-0.39, 0.29) is 4.90 Å². The zero-order chi connectivity index (χ0) is 23.8. The van der Waals surface area contributed by atoms with Gasteiger partial charge in [-0.3, -0.25) is 5.01 Å². The van der Waals surface area contributed by atoms with E-state index in [1.165, 1.54) is 31.4 Å². The highest BCUT2D eigenvalue weighted by molar-refractivity contribution is 7.89. The number of primary sulfonamides is 1. The highest BCUT2D eigenvalue weighted by Crippen LogP contribution is 2.41. The van der Waals surface area contributed by atoms with Crippen molar-refractivity contribution in [3.05, 3.63) is 83.4 Å². The molecule has 0 bridgehead atoms. The molecule has 172 valence electrons. The van der Waals surface area contributed by atoms with E-state index in [1.54, 1.807) is 42.5 Å². The van der Waals surface area contributed by atoms with Crippen LogP contribution in [0.15, 0.2) is 70.7 Å². The minimum absolute atomic E-state index is 0.0441. The lowest BCUT2D eigenvalue weighted by Crippen LogP contribution is -2.19. The van der Waals surface area contributed by atoms with Crippen molar-refractivity contribution in [2.24, 2.45) is 10.2 Å². The van der Waals surface area contributed by atoms with Gasteiger partial charge in [-0.05, 0) is 54.6 Å². The van der Waals surface area contributed by atoms with Crippen molar-refractivity contribution in [3.63, 3.8) is 0 Å². The lowest BCUT2D eigenvalue weighted by molar-refractivity contribution is 0.395. The second-order valence-corrected chi connectivity index (χ2v) is 8.98. The van der Waals surface area contributed by atoms with E-state index in [2.05, 4.69) is 5.10 Å². The highest BCUT2D eigenvalue weighted by atomic mass is 32.2. The van der Waals surface area contributed by atoms with Gasteiger partial charge in [0.25, 0.3) is 0 Å². The number of sulfonamides is 1. The first kappa shape index (κ1) is 22.7. The van der Waals surface area contributed by atoms with Gasteiger partial charge in [0.1, 0.15) is 23.1 Å². The zero-order valence-corrected chi connectivity index (χ0v) is 18.6. The first-order valence-corrected chi connectivity index (χ1v) is 11.4. The molecule has 2 N–H and O–H groups in total. The van der Waals surface area contributed by atoms with E-state index >= 15 is 0 Å². The van der Waals surface area contributed by atoms with Gasteiger partial charge in [-0.2, -0.15) is 5.10 Å². The molecule has 1 aliphatic rings. The number of rotatable bonds is 6. The Morgan fingerprint density at radius 2 is 1.64 bits per heavy atom. The van der Waals surface area contributed by atoms with Gasteiger partial charge in [-0.1, -0.05) is 0 Å². The SMILES string of the molecule is COc1ccc(OC)c(C2CC(c3cc(F)cc(F)c3)=NN2c2ccc(S(N)(=O)=O)cc2)c1. The van der Waals surface area contributed by atoms with Gasteiger partial charge >= 0.3 is 0 Å². The van der Waals surface area contributed by atoms with Crippen LogP contribution < -0.4 is 19.6 Å². The van der Waals surface area contributed by atoms with Crippen molar-refractivity contribution in [3.8, 4) is 11.5 Å². The van der Waals surface area contributed by atoms with Crippen molar-refractivity contribution in [1.29, 1.82) is 0 Å². The minimum Gasteiger partial charge on any atom is -0.497 e. The molecule has 4 rings (SSSR count). The van der Waals surface area contributed by atoms with Crippen molar-refractivity contribution in [2.75, 3.05) is 19.2 Å². The fourth-order valence-electron chi connectivity index (χ4n) is 3.77. The zero-order valence-electron chi connectivity index (χ0n) is 17.8. The van der Waals surface area contributed by atoms with Crippen LogP contribution in [0.25, 0.3) is 0 Å². The first-order chi connectivity index (χ1) is 15.7. The summed E-state index contributed by atoms with van der Waals surface area (Å²) in [4.78, 5) is -0.0441. The van der Waals surface area contributed by atoms with Crippen molar-refractivity contribution >= 4 is 21.4 Å². The molecular weight excluding hydrogens is 452 g/mol. The molecule has 7 nitrogen and oxygen atoms in total. The molecule has 0 aliphatic carbocycles. The topological polar surface area (TPSA) is 94.2 Å². The second kappa shape index (κ2) is 8.80. The Balaban J connectivity index is 1.83. The summed E-state index contributed by atoms with van der Waals surface area (Å²) in [7, 11) is -0.786. The number of hydrazone groups is 1. The average molecular weight is 474 g/mol. The highest BCUT2D eigenvalue weighted by Gasteiger charge is 2.33. The summed E-state index contributed by atoms with van der Waals surface area (Å²) < 4.78 is 61.9. The van der Waals surface area contributed by atoms with Crippen molar-refractivity contribution < 1.29 is 26.7 Å². The Morgan fingerprint density at radius 3 is 2.21 bits per heavy atom. The van der Waals surface area contributed by atoms with Crippen LogP contribution >= 0.6 is 0 Å².